The molecule has 1 aliphatic rings. The van der Waals surface area contributed by atoms with Gasteiger partial charge in [0, 0.05) is 24.7 Å². The highest BCUT2D eigenvalue weighted by Gasteiger charge is 2.31. The second kappa shape index (κ2) is 5.57. The molecule has 0 saturated carbocycles. The van der Waals surface area contributed by atoms with Crippen LogP contribution in [0.1, 0.15) is 13.3 Å². The molecule has 1 aromatic heterocycles. The van der Waals surface area contributed by atoms with Crippen LogP contribution in [0.15, 0.2) is 42.7 Å². The maximum Gasteiger partial charge on any atom is 0.319 e. The van der Waals surface area contributed by atoms with Crippen molar-refractivity contribution < 1.29 is 9.53 Å². The van der Waals surface area contributed by atoms with Gasteiger partial charge in [0.15, 0.2) is 0 Å². The van der Waals surface area contributed by atoms with Crippen LogP contribution < -0.4 is 10.6 Å². The van der Waals surface area contributed by atoms with Gasteiger partial charge in [-0.2, -0.15) is 5.10 Å². The maximum absolute atomic E-state index is 12.0. The summed E-state index contributed by atoms with van der Waals surface area (Å²) in [5.74, 6) is 0. The fourth-order valence-electron chi connectivity index (χ4n) is 2.32. The Morgan fingerprint density at radius 2 is 2.19 bits per heavy atom. The first kappa shape index (κ1) is 13.6. The summed E-state index contributed by atoms with van der Waals surface area (Å²) < 4.78 is 7.08. The first-order valence-electron chi connectivity index (χ1n) is 6.92. The zero-order valence-corrected chi connectivity index (χ0v) is 11.9. The lowest BCUT2D eigenvalue weighted by molar-refractivity contribution is 0.172. The highest BCUT2D eigenvalue weighted by molar-refractivity contribution is 5.89. The number of nitrogens with one attached hydrogen (secondary N) is 2. The lowest BCUT2D eigenvalue weighted by atomic mass is 10.0. The number of carbonyl (C=O) groups is 1. The molecule has 1 atom stereocenters. The fraction of sp³-hybridized carbons (Fsp3) is 0.333. The van der Waals surface area contributed by atoms with Crippen LogP contribution in [-0.2, 0) is 4.74 Å². The largest absolute Gasteiger partial charge is 0.379 e. The van der Waals surface area contributed by atoms with Crippen LogP contribution in [0.4, 0.5) is 10.5 Å². The highest BCUT2D eigenvalue weighted by Crippen LogP contribution is 2.18. The van der Waals surface area contributed by atoms with Gasteiger partial charge >= 0.3 is 6.03 Å². The first-order chi connectivity index (χ1) is 10.1. The van der Waals surface area contributed by atoms with Gasteiger partial charge in [0.1, 0.15) is 0 Å². The van der Waals surface area contributed by atoms with Crippen LogP contribution in [0.25, 0.3) is 5.69 Å². The zero-order chi connectivity index (χ0) is 14.7. The predicted molar refractivity (Wildman–Crippen MR) is 79.6 cm³/mol. The number of aromatic nitrogens is 2. The van der Waals surface area contributed by atoms with Gasteiger partial charge in [-0.1, -0.05) is 0 Å². The standard InChI is InChI=1S/C15H18N4O2/c1-15(7-10-21-11-15)18-14(20)17-12-3-5-13(6-4-12)19-9-2-8-16-19/h2-6,8-9H,7,10-11H2,1H3,(H2,17,18,20). The predicted octanol–water partition coefficient (Wildman–Crippen LogP) is 2.17. The molecule has 0 spiro atoms. The van der Waals surface area contributed by atoms with Crippen LogP contribution in [0, 0.1) is 0 Å². The second-order valence-corrected chi connectivity index (χ2v) is 5.44. The van der Waals surface area contributed by atoms with Gasteiger partial charge < -0.3 is 15.4 Å². The van der Waals surface area contributed by atoms with Crippen molar-refractivity contribution in [2.24, 2.45) is 0 Å². The van der Waals surface area contributed by atoms with Gasteiger partial charge in [0.25, 0.3) is 0 Å². The number of carbonyl (C=O) groups excluding carboxylic acids is 1. The minimum atomic E-state index is -0.279. The van der Waals surface area contributed by atoms with Gasteiger partial charge in [0.2, 0.25) is 0 Å². The number of nitrogens with zero attached hydrogens (tertiary/aromatic N) is 2. The van der Waals surface area contributed by atoms with Gasteiger partial charge in [-0.25, -0.2) is 9.48 Å². The molecule has 3 rings (SSSR count). The maximum atomic E-state index is 12.0. The topological polar surface area (TPSA) is 68.2 Å². The molecular weight excluding hydrogens is 268 g/mol. The van der Waals surface area contributed by atoms with Crippen molar-refractivity contribution >= 4 is 11.7 Å². The fourth-order valence-corrected chi connectivity index (χ4v) is 2.32. The molecule has 1 fully saturated rings. The first-order valence-corrected chi connectivity index (χ1v) is 6.92. The van der Waals surface area contributed by atoms with Crippen molar-refractivity contribution in [3.63, 3.8) is 0 Å². The Bertz CT molecular complexity index is 601. The molecule has 6 nitrogen and oxygen atoms in total. The summed E-state index contributed by atoms with van der Waals surface area (Å²) in [7, 11) is 0. The third kappa shape index (κ3) is 3.22. The summed E-state index contributed by atoms with van der Waals surface area (Å²) in [5, 5.41) is 9.94. The van der Waals surface area contributed by atoms with E-state index < -0.39 is 0 Å². The molecule has 2 amide bonds. The van der Waals surface area contributed by atoms with E-state index in [1.54, 1.807) is 10.9 Å². The van der Waals surface area contributed by atoms with E-state index in [9.17, 15) is 4.79 Å². The van der Waals surface area contributed by atoms with E-state index in [0.717, 1.165) is 17.8 Å². The average molecular weight is 286 g/mol. The molecule has 6 heteroatoms. The Kier molecular flexibility index (Phi) is 3.62. The van der Waals surface area contributed by atoms with Gasteiger partial charge in [0.05, 0.1) is 17.8 Å². The van der Waals surface area contributed by atoms with Crippen molar-refractivity contribution in [2.45, 2.75) is 18.9 Å². The third-order valence-corrected chi connectivity index (χ3v) is 3.53. The Morgan fingerprint density at radius 1 is 1.38 bits per heavy atom. The second-order valence-electron chi connectivity index (χ2n) is 5.44. The van der Waals surface area contributed by atoms with E-state index in [0.29, 0.717) is 13.2 Å². The summed E-state index contributed by atoms with van der Waals surface area (Å²) in [6.45, 7) is 3.23. The molecule has 1 aromatic carbocycles. The van der Waals surface area contributed by atoms with E-state index in [1.165, 1.54) is 0 Å². The Hall–Kier alpha value is -2.34. The molecule has 21 heavy (non-hydrogen) atoms. The lowest BCUT2D eigenvalue weighted by Gasteiger charge is -2.23. The molecule has 1 aliphatic heterocycles. The average Bonchev–Trinajstić information content (AvgIpc) is 3.11. The number of benzene rings is 1. The lowest BCUT2D eigenvalue weighted by Crippen LogP contribution is -2.48. The highest BCUT2D eigenvalue weighted by atomic mass is 16.5. The van der Waals surface area contributed by atoms with Crippen molar-refractivity contribution in [3.05, 3.63) is 42.7 Å². The van der Waals surface area contributed by atoms with Gasteiger partial charge in [-0.15, -0.1) is 0 Å². The molecule has 110 valence electrons. The summed E-state index contributed by atoms with van der Waals surface area (Å²) in [4.78, 5) is 12.0. The van der Waals surface area contributed by atoms with E-state index >= 15 is 0 Å². The van der Waals surface area contributed by atoms with Gasteiger partial charge in [-0.3, -0.25) is 0 Å². The number of anilines is 1. The Labute approximate surface area is 123 Å². The normalized spacial score (nSPS) is 21.2. The minimum absolute atomic E-state index is 0.213. The molecular formula is C15H18N4O2. The molecule has 0 radical (unpaired) electrons. The quantitative estimate of drug-likeness (QED) is 0.908. The molecule has 0 bridgehead atoms. The monoisotopic (exact) mass is 286 g/mol. The molecule has 2 aromatic rings. The molecule has 1 unspecified atom stereocenters. The van der Waals surface area contributed by atoms with Gasteiger partial charge in [-0.05, 0) is 43.7 Å². The number of ether oxygens (including phenoxy) is 1. The van der Waals surface area contributed by atoms with E-state index in [4.69, 9.17) is 4.74 Å². The van der Waals surface area contributed by atoms with E-state index in [1.807, 2.05) is 43.5 Å². The Balaban J connectivity index is 1.61. The SMILES string of the molecule is CC1(NC(=O)Nc2ccc(-n3cccn3)cc2)CCOC1. The number of hydrogen-bond acceptors (Lipinski definition) is 3. The van der Waals surface area contributed by atoms with Crippen LogP contribution in [0.2, 0.25) is 0 Å². The Morgan fingerprint density at radius 3 is 2.81 bits per heavy atom. The minimum Gasteiger partial charge on any atom is -0.379 e. The molecule has 2 N–H and O–H groups in total. The van der Waals surface area contributed by atoms with Crippen LogP contribution in [-0.4, -0.2) is 34.6 Å². The van der Waals surface area contributed by atoms with Crippen molar-refractivity contribution in [1.82, 2.24) is 15.1 Å². The number of rotatable bonds is 3. The number of hydrogen-bond donors (Lipinski definition) is 2. The molecule has 1 saturated heterocycles. The molecule has 2 heterocycles. The van der Waals surface area contributed by atoms with Crippen molar-refractivity contribution in [2.75, 3.05) is 18.5 Å². The number of amides is 2. The van der Waals surface area contributed by atoms with Crippen molar-refractivity contribution in [1.29, 1.82) is 0 Å². The van der Waals surface area contributed by atoms with Crippen molar-refractivity contribution in [3.8, 4) is 5.69 Å². The van der Waals surface area contributed by atoms with Crippen LogP contribution in [0.5, 0.6) is 0 Å². The summed E-state index contributed by atoms with van der Waals surface area (Å²) in [5.41, 5.74) is 1.41. The van der Waals surface area contributed by atoms with E-state index in [2.05, 4.69) is 15.7 Å². The summed E-state index contributed by atoms with van der Waals surface area (Å²) in [6.07, 6.45) is 4.43. The summed E-state index contributed by atoms with van der Waals surface area (Å²) >= 11 is 0. The molecule has 0 aliphatic carbocycles. The van der Waals surface area contributed by atoms with E-state index in [-0.39, 0.29) is 11.6 Å². The van der Waals surface area contributed by atoms with Crippen LogP contribution in [0.3, 0.4) is 0 Å². The van der Waals surface area contributed by atoms with Crippen LogP contribution >= 0.6 is 0 Å². The smallest absolute Gasteiger partial charge is 0.319 e. The number of urea groups is 1. The summed E-state index contributed by atoms with van der Waals surface area (Å²) in [6, 6.07) is 9.17. The third-order valence-electron chi connectivity index (χ3n) is 3.53. The zero-order valence-electron chi connectivity index (χ0n) is 11.9.